The zero-order valence-corrected chi connectivity index (χ0v) is 6.42. The molecule has 0 saturated heterocycles. The van der Waals surface area contributed by atoms with Crippen molar-refractivity contribution in [2.24, 2.45) is 0 Å². The van der Waals surface area contributed by atoms with E-state index >= 15 is 0 Å². The van der Waals surface area contributed by atoms with Crippen molar-refractivity contribution in [3.05, 3.63) is 23.2 Å². The fourth-order valence-electron chi connectivity index (χ4n) is 1.14. The third-order valence-corrected chi connectivity index (χ3v) is 1.75. The van der Waals surface area contributed by atoms with Crippen LogP contribution < -0.4 is 0 Å². The first kappa shape index (κ1) is 7.09. The molecule has 0 spiro atoms. The van der Waals surface area contributed by atoms with Crippen LogP contribution in [0.2, 0.25) is 0 Å². The van der Waals surface area contributed by atoms with Crippen LogP contribution in [-0.2, 0) is 19.1 Å². The molecule has 0 fully saturated rings. The molecule has 4 heteroatoms. The Kier molecular flexibility index (Phi) is 1.30. The van der Waals surface area contributed by atoms with Crippen LogP contribution in [0, 0.1) is 0 Å². The van der Waals surface area contributed by atoms with E-state index in [1.807, 2.05) is 0 Å². The molecule has 1 aliphatic carbocycles. The van der Waals surface area contributed by atoms with Gasteiger partial charge in [0.05, 0.1) is 0 Å². The van der Waals surface area contributed by atoms with Gasteiger partial charge in [-0.05, 0) is 13.0 Å². The van der Waals surface area contributed by atoms with Crippen LogP contribution in [-0.4, -0.2) is 18.4 Å². The third kappa shape index (κ3) is 0.777. The molecule has 0 atom stereocenters. The topological polar surface area (TPSA) is 52.6 Å². The molecular weight excluding hydrogens is 160 g/mol. The second kappa shape index (κ2) is 2.20. The van der Waals surface area contributed by atoms with E-state index in [4.69, 9.17) is 9.47 Å². The number of rotatable bonds is 0. The highest BCUT2D eigenvalue weighted by molar-refractivity contribution is 6.20. The highest BCUT2D eigenvalue weighted by Gasteiger charge is 2.33. The Morgan fingerprint density at radius 1 is 1.25 bits per heavy atom. The van der Waals surface area contributed by atoms with Gasteiger partial charge in [-0.3, -0.25) is 9.59 Å². The summed E-state index contributed by atoms with van der Waals surface area (Å²) in [7, 11) is 0. The summed E-state index contributed by atoms with van der Waals surface area (Å²) in [4.78, 5) is 22.4. The summed E-state index contributed by atoms with van der Waals surface area (Å²) < 4.78 is 9.69. The van der Waals surface area contributed by atoms with Crippen molar-refractivity contribution in [3.8, 4) is 0 Å². The molecule has 1 aliphatic heterocycles. The normalized spacial score (nSPS) is 21.6. The minimum Gasteiger partial charge on any atom is -0.449 e. The van der Waals surface area contributed by atoms with Gasteiger partial charge >= 0.3 is 0 Å². The lowest BCUT2D eigenvalue weighted by atomic mass is 10.0. The van der Waals surface area contributed by atoms with Gasteiger partial charge in [0.15, 0.2) is 0 Å². The van der Waals surface area contributed by atoms with E-state index in [0.717, 1.165) is 0 Å². The highest BCUT2D eigenvalue weighted by Crippen LogP contribution is 2.25. The predicted molar refractivity (Wildman–Crippen MR) is 37.8 cm³/mol. The molecule has 0 N–H and O–H groups in total. The van der Waals surface area contributed by atoms with Crippen molar-refractivity contribution >= 4 is 11.6 Å². The SMILES string of the molecule is CC1=CC(=O)C2=C(OCO2)C1=O. The number of carbonyl (C=O) groups excluding carboxylic acids is 2. The average Bonchev–Trinajstić information content (AvgIpc) is 2.48. The number of carbonyl (C=O) groups is 2. The second-order valence-electron chi connectivity index (χ2n) is 2.59. The predicted octanol–water partition coefficient (Wildman–Crippen LogP) is 0.300. The summed E-state index contributed by atoms with van der Waals surface area (Å²) in [6, 6.07) is 0. The van der Waals surface area contributed by atoms with Crippen molar-refractivity contribution in [1.29, 1.82) is 0 Å². The van der Waals surface area contributed by atoms with Gasteiger partial charge in [0, 0.05) is 5.57 Å². The Morgan fingerprint density at radius 2 is 1.92 bits per heavy atom. The summed E-state index contributed by atoms with van der Waals surface area (Å²) >= 11 is 0. The number of ketones is 2. The third-order valence-electron chi connectivity index (χ3n) is 1.75. The first-order chi connectivity index (χ1) is 5.70. The molecule has 2 rings (SSSR count). The zero-order valence-electron chi connectivity index (χ0n) is 6.42. The lowest BCUT2D eigenvalue weighted by molar-refractivity contribution is -0.118. The molecule has 0 unspecified atom stereocenters. The molecule has 0 aromatic rings. The quantitative estimate of drug-likeness (QED) is 0.485. The Morgan fingerprint density at radius 3 is 2.67 bits per heavy atom. The maximum Gasteiger partial charge on any atom is 0.231 e. The zero-order chi connectivity index (χ0) is 8.72. The van der Waals surface area contributed by atoms with E-state index in [9.17, 15) is 9.59 Å². The number of hydrogen-bond acceptors (Lipinski definition) is 4. The summed E-state index contributed by atoms with van der Waals surface area (Å²) in [5, 5.41) is 0. The molecular formula is C8H6O4. The van der Waals surface area contributed by atoms with Gasteiger partial charge < -0.3 is 9.47 Å². The summed E-state index contributed by atoms with van der Waals surface area (Å²) in [5.74, 6) is -0.452. The lowest BCUT2D eigenvalue weighted by Gasteiger charge is -2.05. The molecule has 0 radical (unpaired) electrons. The molecule has 4 nitrogen and oxygen atoms in total. The molecule has 0 bridgehead atoms. The smallest absolute Gasteiger partial charge is 0.231 e. The van der Waals surface area contributed by atoms with Gasteiger partial charge in [0.25, 0.3) is 0 Å². The van der Waals surface area contributed by atoms with Crippen LogP contribution in [0.25, 0.3) is 0 Å². The monoisotopic (exact) mass is 166 g/mol. The maximum absolute atomic E-state index is 11.3. The minimum atomic E-state index is -0.292. The molecule has 0 aromatic heterocycles. The Bertz CT molecular complexity index is 335. The van der Waals surface area contributed by atoms with E-state index < -0.39 is 0 Å². The van der Waals surface area contributed by atoms with Crippen molar-refractivity contribution in [3.63, 3.8) is 0 Å². The van der Waals surface area contributed by atoms with E-state index in [2.05, 4.69) is 0 Å². The summed E-state index contributed by atoms with van der Waals surface area (Å²) in [5.41, 5.74) is 0.393. The van der Waals surface area contributed by atoms with Crippen LogP contribution >= 0.6 is 0 Å². The van der Waals surface area contributed by atoms with Crippen LogP contribution in [0.15, 0.2) is 23.2 Å². The van der Waals surface area contributed by atoms with Gasteiger partial charge in [-0.2, -0.15) is 0 Å². The molecule has 0 amide bonds. The standard InChI is InChI=1S/C8H6O4/c1-4-2-5(9)7-8(6(4)10)12-3-11-7/h2H,3H2,1H3. The molecule has 62 valence electrons. The van der Waals surface area contributed by atoms with Crippen molar-refractivity contribution in [2.45, 2.75) is 6.92 Å². The highest BCUT2D eigenvalue weighted by atomic mass is 16.7. The van der Waals surface area contributed by atoms with E-state index in [1.54, 1.807) is 6.92 Å². The number of Topliss-reactive ketones (excluding diaryl/α,β-unsaturated/α-hetero) is 1. The summed E-state index contributed by atoms with van der Waals surface area (Å²) in [6.45, 7) is 1.54. The van der Waals surface area contributed by atoms with Crippen molar-refractivity contribution in [2.75, 3.05) is 6.79 Å². The van der Waals surface area contributed by atoms with E-state index in [0.29, 0.717) is 5.57 Å². The first-order valence-electron chi connectivity index (χ1n) is 3.47. The number of ether oxygens (including phenoxy) is 2. The Hall–Kier alpha value is -1.58. The van der Waals surface area contributed by atoms with Gasteiger partial charge in [-0.1, -0.05) is 0 Å². The van der Waals surface area contributed by atoms with Crippen LogP contribution in [0.3, 0.4) is 0 Å². The van der Waals surface area contributed by atoms with Crippen molar-refractivity contribution < 1.29 is 19.1 Å². The largest absolute Gasteiger partial charge is 0.449 e. The maximum atomic E-state index is 11.3. The van der Waals surface area contributed by atoms with E-state index in [-0.39, 0.29) is 29.9 Å². The molecule has 2 aliphatic rings. The Balaban J connectivity index is 2.48. The first-order valence-corrected chi connectivity index (χ1v) is 3.47. The fraction of sp³-hybridized carbons (Fsp3) is 0.250. The number of hydrogen-bond donors (Lipinski definition) is 0. The van der Waals surface area contributed by atoms with Crippen molar-refractivity contribution in [1.82, 2.24) is 0 Å². The fourth-order valence-corrected chi connectivity index (χ4v) is 1.14. The van der Waals surface area contributed by atoms with Gasteiger partial charge in [0.1, 0.15) is 0 Å². The summed E-state index contributed by atoms with van der Waals surface area (Å²) in [6.07, 6.45) is 1.26. The molecule has 12 heavy (non-hydrogen) atoms. The van der Waals surface area contributed by atoms with Crippen LogP contribution in [0.4, 0.5) is 0 Å². The van der Waals surface area contributed by atoms with Crippen LogP contribution in [0.5, 0.6) is 0 Å². The molecule has 0 aromatic carbocycles. The van der Waals surface area contributed by atoms with Gasteiger partial charge in [-0.15, -0.1) is 0 Å². The van der Waals surface area contributed by atoms with E-state index in [1.165, 1.54) is 6.08 Å². The van der Waals surface area contributed by atoms with Gasteiger partial charge in [-0.25, -0.2) is 0 Å². The molecule has 1 heterocycles. The van der Waals surface area contributed by atoms with Crippen LogP contribution in [0.1, 0.15) is 6.92 Å². The Labute approximate surface area is 68.5 Å². The second-order valence-corrected chi connectivity index (χ2v) is 2.59. The average molecular weight is 166 g/mol. The minimum absolute atomic E-state index is 0.0384. The molecule has 0 saturated carbocycles. The lowest BCUT2D eigenvalue weighted by Crippen LogP contribution is -2.15. The number of allylic oxidation sites excluding steroid dienone is 2. The van der Waals surface area contributed by atoms with Gasteiger partial charge in [0.2, 0.25) is 29.9 Å².